The molecule has 3 rings (SSSR count). The van der Waals surface area contributed by atoms with E-state index in [2.05, 4.69) is 51.4 Å². The third-order valence-electron chi connectivity index (χ3n) is 4.67. The van der Waals surface area contributed by atoms with Crippen molar-refractivity contribution in [3.8, 4) is 17.2 Å². The highest BCUT2D eigenvalue weighted by molar-refractivity contribution is 14.0. The molecule has 0 aliphatic rings. The number of rotatable bonds is 7. The molecule has 0 saturated heterocycles. The first-order valence-corrected chi connectivity index (χ1v) is 9.65. The number of aryl methyl sites for hydroxylation is 1. The minimum Gasteiger partial charge on any atom is -0.497 e. The monoisotopic (exact) mass is 520 g/mol. The summed E-state index contributed by atoms with van der Waals surface area (Å²) in [6, 6.07) is 16.2. The Labute approximate surface area is 195 Å². The molecule has 2 aromatic carbocycles. The van der Waals surface area contributed by atoms with Gasteiger partial charge in [-0.05, 0) is 36.8 Å². The summed E-state index contributed by atoms with van der Waals surface area (Å²) >= 11 is 0. The molecule has 1 heterocycles. The fourth-order valence-electron chi connectivity index (χ4n) is 3.02. The number of benzene rings is 2. The maximum Gasteiger partial charge on any atom is 0.226 e. The van der Waals surface area contributed by atoms with Crippen LogP contribution in [0.1, 0.15) is 16.8 Å². The third kappa shape index (κ3) is 6.48. The van der Waals surface area contributed by atoms with Gasteiger partial charge in [0.25, 0.3) is 0 Å². The number of oxazole rings is 1. The Hall–Kier alpha value is -2.55. The summed E-state index contributed by atoms with van der Waals surface area (Å²) in [5.41, 5.74) is 4.32. The van der Waals surface area contributed by atoms with Crippen molar-refractivity contribution in [2.45, 2.75) is 19.9 Å². The molecular weight excluding hydrogens is 491 g/mol. The average molecular weight is 520 g/mol. The fourth-order valence-corrected chi connectivity index (χ4v) is 3.02. The molecule has 1 aromatic heterocycles. The number of aliphatic imine (C=N–C) groups is 1. The van der Waals surface area contributed by atoms with Gasteiger partial charge in [0.15, 0.2) is 5.96 Å². The second kappa shape index (κ2) is 11.6. The first-order chi connectivity index (χ1) is 14.1. The van der Waals surface area contributed by atoms with E-state index in [1.165, 1.54) is 11.1 Å². The Kier molecular flexibility index (Phi) is 9.16. The van der Waals surface area contributed by atoms with Crippen LogP contribution >= 0.6 is 24.0 Å². The predicted molar refractivity (Wildman–Crippen MR) is 132 cm³/mol. The van der Waals surface area contributed by atoms with Gasteiger partial charge in [0, 0.05) is 39.2 Å². The van der Waals surface area contributed by atoms with Crippen molar-refractivity contribution in [1.82, 2.24) is 15.2 Å². The Morgan fingerprint density at radius 2 is 1.83 bits per heavy atom. The summed E-state index contributed by atoms with van der Waals surface area (Å²) in [6.07, 6.45) is 2.48. The van der Waals surface area contributed by atoms with Crippen LogP contribution in [0.5, 0.6) is 5.75 Å². The largest absolute Gasteiger partial charge is 0.497 e. The van der Waals surface area contributed by atoms with Gasteiger partial charge in [-0.1, -0.05) is 29.8 Å². The quantitative estimate of drug-likeness (QED) is 0.282. The molecular formula is C23H29IN4O2. The molecule has 0 spiro atoms. The molecule has 30 heavy (non-hydrogen) atoms. The average Bonchev–Trinajstić information content (AvgIpc) is 3.21. The van der Waals surface area contributed by atoms with Gasteiger partial charge in [0.2, 0.25) is 5.89 Å². The van der Waals surface area contributed by atoms with E-state index in [0.29, 0.717) is 5.89 Å². The standard InChI is InChI=1S/C23H28N4O2.HI/c1-17-5-9-19(10-6-17)22-26-20(16-29-22)13-14-25-23(24-2)27(3)15-18-7-11-21(28-4)12-8-18;/h5-12,16H,13-15H2,1-4H3,(H,24,25);1H. The second-order valence-corrected chi connectivity index (χ2v) is 6.94. The van der Waals surface area contributed by atoms with Crippen LogP contribution in [0.2, 0.25) is 0 Å². The van der Waals surface area contributed by atoms with Crippen molar-refractivity contribution in [1.29, 1.82) is 0 Å². The van der Waals surface area contributed by atoms with Crippen molar-refractivity contribution < 1.29 is 9.15 Å². The summed E-state index contributed by atoms with van der Waals surface area (Å²) in [4.78, 5) is 11.0. The lowest BCUT2D eigenvalue weighted by Gasteiger charge is -2.22. The van der Waals surface area contributed by atoms with Crippen LogP contribution in [0.3, 0.4) is 0 Å². The molecule has 3 aromatic rings. The number of halogens is 1. The first kappa shape index (κ1) is 23.7. The molecule has 0 saturated carbocycles. The van der Waals surface area contributed by atoms with Gasteiger partial charge in [0.05, 0.1) is 12.8 Å². The molecule has 0 atom stereocenters. The summed E-state index contributed by atoms with van der Waals surface area (Å²) in [6.45, 7) is 3.54. The van der Waals surface area contributed by atoms with Crippen molar-refractivity contribution in [2.75, 3.05) is 27.7 Å². The van der Waals surface area contributed by atoms with E-state index < -0.39 is 0 Å². The Morgan fingerprint density at radius 3 is 2.47 bits per heavy atom. The highest BCUT2D eigenvalue weighted by atomic mass is 127. The zero-order valence-corrected chi connectivity index (χ0v) is 20.2. The lowest BCUT2D eigenvalue weighted by atomic mass is 10.1. The van der Waals surface area contributed by atoms with E-state index in [-0.39, 0.29) is 24.0 Å². The molecule has 0 aliphatic carbocycles. The predicted octanol–water partition coefficient (Wildman–Crippen LogP) is 4.53. The lowest BCUT2D eigenvalue weighted by Crippen LogP contribution is -2.39. The normalized spacial score (nSPS) is 11.0. The van der Waals surface area contributed by atoms with E-state index in [9.17, 15) is 0 Å². The van der Waals surface area contributed by atoms with Crippen LogP contribution in [0.15, 0.2) is 64.2 Å². The Balaban J connectivity index is 0.00000320. The highest BCUT2D eigenvalue weighted by Crippen LogP contribution is 2.19. The van der Waals surface area contributed by atoms with Crippen molar-refractivity contribution in [3.63, 3.8) is 0 Å². The maximum absolute atomic E-state index is 5.63. The van der Waals surface area contributed by atoms with Gasteiger partial charge in [-0.15, -0.1) is 24.0 Å². The van der Waals surface area contributed by atoms with Gasteiger partial charge in [-0.25, -0.2) is 4.98 Å². The molecule has 7 heteroatoms. The molecule has 160 valence electrons. The molecule has 0 bridgehead atoms. The zero-order chi connectivity index (χ0) is 20.6. The number of nitrogens with zero attached hydrogens (tertiary/aromatic N) is 3. The number of hydrogen-bond donors (Lipinski definition) is 1. The number of nitrogens with one attached hydrogen (secondary N) is 1. The van der Waals surface area contributed by atoms with Crippen LogP contribution in [0.4, 0.5) is 0 Å². The molecule has 0 unspecified atom stereocenters. The van der Waals surface area contributed by atoms with Crippen molar-refractivity contribution in [3.05, 3.63) is 71.6 Å². The molecule has 0 radical (unpaired) electrons. The van der Waals surface area contributed by atoms with Gasteiger partial charge < -0.3 is 19.4 Å². The summed E-state index contributed by atoms with van der Waals surface area (Å²) in [5, 5.41) is 3.39. The smallest absolute Gasteiger partial charge is 0.226 e. The van der Waals surface area contributed by atoms with E-state index in [0.717, 1.165) is 42.5 Å². The third-order valence-corrected chi connectivity index (χ3v) is 4.67. The van der Waals surface area contributed by atoms with Gasteiger partial charge in [0.1, 0.15) is 12.0 Å². The first-order valence-electron chi connectivity index (χ1n) is 9.65. The number of ether oxygens (including phenoxy) is 1. The van der Waals surface area contributed by atoms with E-state index in [1.807, 2.05) is 31.3 Å². The van der Waals surface area contributed by atoms with Gasteiger partial charge in [-0.2, -0.15) is 0 Å². The van der Waals surface area contributed by atoms with Crippen LogP contribution < -0.4 is 10.1 Å². The number of aromatic nitrogens is 1. The summed E-state index contributed by atoms with van der Waals surface area (Å²) in [5.74, 6) is 2.35. The van der Waals surface area contributed by atoms with Crippen molar-refractivity contribution >= 4 is 29.9 Å². The molecule has 1 N–H and O–H groups in total. The number of hydrogen-bond acceptors (Lipinski definition) is 4. The van der Waals surface area contributed by atoms with Gasteiger partial charge >= 0.3 is 0 Å². The fraction of sp³-hybridized carbons (Fsp3) is 0.304. The minimum atomic E-state index is 0. The molecule has 6 nitrogen and oxygen atoms in total. The van der Waals surface area contributed by atoms with E-state index in [1.54, 1.807) is 20.4 Å². The van der Waals surface area contributed by atoms with Crippen LogP contribution in [-0.2, 0) is 13.0 Å². The SMILES string of the molecule is CN=C(NCCc1coc(-c2ccc(C)cc2)n1)N(C)Cc1ccc(OC)cc1.I. The molecule has 0 amide bonds. The minimum absolute atomic E-state index is 0. The highest BCUT2D eigenvalue weighted by Gasteiger charge is 2.09. The van der Waals surface area contributed by atoms with Gasteiger partial charge in [-0.3, -0.25) is 4.99 Å². The lowest BCUT2D eigenvalue weighted by molar-refractivity contribution is 0.414. The van der Waals surface area contributed by atoms with Crippen LogP contribution in [0, 0.1) is 6.92 Å². The van der Waals surface area contributed by atoms with E-state index >= 15 is 0 Å². The van der Waals surface area contributed by atoms with Crippen LogP contribution in [-0.4, -0.2) is 43.6 Å². The summed E-state index contributed by atoms with van der Waals surface area (Å²) in [7, 11) is 5.48. The number of methoxy groups -OCH3 is 1. The zero-order valence-electron chi connectivity index (χ0n) is 17.9. The Bertz CT molecular complexity index is 937. The summed E-state index contributed by atoms with van der Waals surface area (Å²) < 4.78 is 10.8. The second-order valence-electron chi connectivity index (χ2n) is 6.94. The molecule has 0 fully saturated rings. The topological polar surface area (TPSA) is 62.9 Å². The van der Waals surface area contributed by atoms with Crippen LogP contribution in [0.25, 0.3) is 11.5 Å². The van der Waals surface area contributed by atoms with Crippen molar-refractivity contribution in [2.24, 2.45) is 4.99 Å². The van der Waals surface area contributed by atoms with E-state index in [4.69, 9.17) is 9.15 Å². The number of guanidine groups is 1. The Morgan fingerprint density at radius 1 is 1.13 bits per heavy atom. The molecule has 0 aliphatic heterocycles. The maximum atomic E-state index is 5.63.